The largest absolute Gasteiger partial charge is 0.493 e. The van der Waals surface area contributed by atoms with Gasteiger partial charge in [0.15, 0.2) is 11.5 Å². The van der Waals surface area contributed by atoms with E-state index in [1.165, 1.54) is 18.6 Å². The highest BCUT2D eigenvalue weighted by Crippen LogP contribution is 2.36. The predicted molar refractivity (Wildman–Crippen MR) is 115 cm³/mol. The number of nitrogens with zero attached hydrogens (tertiary/aromatic N) is 3. The number of hydrazone groups is 1. The number of amides is 1. The van der Waals surface area contributed by atoms with Crippen molar-refractivity contribution in [3.05, 3.63) is 87.7 Å². The van der Waals surface area contributed by atoms with E-state index in [1.54, 1.807) is 43.5 Å². The lowest BCUT2D eigenvalue weighted by atomic mass is 10.1. The van der Waals surface area contributed by atoms with Crippen molar-refractivity contribution in [2.75, 3.05) is 7.11 Å². The van der Waals surface area contributed by atoms with E-state index in [2.05, 4.69) is 37.5 Å². The number of carbonyl (C=O) groups excluding carboxylic acids is 1. The molecule has 30 heavy (non-hydrogen) atoms. The number of ether oxygens (including phenoxy) is 2. The van der Waals surface area contributed by atoms with E-state index >= 15 is 0 Å². The fourth-order valence-corrected chi connectivity index (χ4v) is 3.09. The molecule has 0 radical (unpaired) electrons. The summed E-state index contributed by atoms with van der Waals surface area (Å²) in [6.07, 6.45) is 4.59. The maximum Gasteiger partial charge on any atom is 0.271 e. The van der Waals surface area contributed by atoms with E-state index in [0.717, 1.165) is 5.56 Å². The van der Waals surface area contributed by atoms with Gasteiger partial charge >= 0.3 is 0 Å². The van der Waals surface area contributed by atoms with E-state index in [0.29, 0.717) is 39.3 Å². The summed E-state index contributed by atoms with van der Waals surface area (Å²) in [7, 11) is 1.54. The number of carbonyl (C=O) groups is 1. The SMILES string of the molecule is COc1cc(/C=N\NC(=O)c2ccncc2)cc(Br)c1OCc1ccc(C#N)cc1. The number of methoxy groups -OCH3 is 1. The molecule has 0 fully saturated rings. The Morgan fingerprint density at radius 3 is 2.63 bits per heavy atom. The Bertz CT molecular complexity index is 1090. The van der Waals surface area contributed by atoms with Crippen molar-refractivity contribution in [1.82, 2.24) is 10.4 Å². The average molecular weight is 465 g/mol. The molecule has 0 atom stereocenters. The van der Waals surface area contributed by atoms with Gasteiger partial charge in [-0.3, -0.25) is 9.78 Å². The summed E-state index contributed by atoms with van der Waals surface area (Å²) in [4.78, 5) is 15.9. The summed E-state index contributed by atoms with van der Waals surface area (Å²) in [5, 5.41) is 12.9. The van der Waals surface area contributed by atoms with E-state index < -0.39 is 0 Å². The Hall–Kier alpha value is -3.70. The van der Waals surface area contributed by atoms with Crippen LogP contribution in [0.3, 0.4) is 0 Å². The van der Waals surface area contributed by atoms with Crippen LogP contribution in [0.5, 0.6) is 11.5 Å². The fourth-order valence-electron chi connectivity index (χ4n) is 2.52. The number of benzene rings is 2. The molecule has 0 aliphatic carbocycles. The second kappa shape index (κ2) is 10.2. The van der Waals surface area contributed by atoms with Crippen molar-refractivity contribution in [3.63, 3.8) is 0 Å². The van der Waals surface area contributed by atoms with Crippen LogP contribution in [0.1, 0.15) is 27.0 Å². The summed E-state index contributed by atoms with van der Waals surface area (Å²) < 4.78 is 12.0. The van der Waals surface area contributed by atoms with Crippen molar-refractivity contribution in [3.8, 4) is 17.6 Å². The molecule has 0 unspecified atom stereocenters. The molecule has 0 bridgehead atoms. The maximum absolute atomic E-state index is 12.0. The van der Waals surface area contributed by atoms with Crippen LogP contribution >= 0.6 is 15.9 Å². The molecule has 1 N–H and O–H groups in total. The average Bonchev–Trinajstić information content (AvgIpc) is 2.79. The molecule has 3 rings (SSSR count). The van der Waals surface area contributed by atoms with E-state index in [9.17, 15) is 4.79 Å². The van der Waals surface area contributed by atoms with Gasteiger partial charge in [-0.25, -0.2) is 5.43 Å². The topological polar surface area (TPSA) is 96.6 Å². The van der Waals surface area contributed by atoms with Gasteiger partial charge in [-0.1, -0.05) is 12.1 Å². The third kappa shape index (κ3) is 5.43. The molecular formula is C22H17BrN4O3. The number of pyridine rings is 1. The maximum atomic E-state index is 12.0. The summed E-state index contributed by atoms with van der Waals surface area (Å²) in [5.74, 6) is 0.724. The quantitative estimate of drug-likeness (QED) is 0.419. The molecule has 0 saturated carbocycles. The predicted octanol–water partition coefficient (Wildman–Crippen LogP) is 4.07. The number of rotatable bonds is 7. The number of nitrogens with one attached hydrogen (secondary N) is 1. The summed E-state index contributed by atoms with van der Waals surface area (Å²) in [6, 6.07) is 16.0. The number of halogens is 1. The molecule has 150 valence electrons. The summed E-state index contributed by atoms with van der Waals surface area (Å²) in [6.45, 7) is 0.316. The van der Waals surface area contributed by atoms with Crippen molar-refractivity contribution in [2.24, 2.45) is 5.10 Å². The molecule has 0 spiro atoms. The van der Waals surface area contributed by atoms with Crippen molar-refractivity contribution in [2.45, 2.75) is 6.61 Å². The summed E-state index contributed by atoms with van der Waals surface area (Å²) >= 11 is 3.49. The smallest absolute Gasteiger partial charge is 0.271 e. The van der Waals surface area contributed by atoms with Crippen LogP contribution in [-0.4, -0.2) is 24.2 Å². The molecule has 3 aromatic rings. The first-order chi connectivity index (χ1) is 14.6. The van der Waals surface area contributed by atoms with Gasteiger partial charge < -0.3 is 9.47 Å². The number of aromatic nitrogens is 1. The van der Waals surface area contributed by atoms with Gasteiger partial charge in [0.1, 0.15) is 6.61 Å². The monoisotopic (exact) mass is 464 g/mol. The molecule has 8 heteroatoms. The highest BCUT2D eigenvalue weighted by Gasteiger charge is 2.12. The highest BCUT2D eigenvalue weighted by molar-refractivity contribution is 9.10. The Labute approximate surface area is 182 Å². The molecule has 1 amide bonds. The van der Waals surface area contributed by atoms with Crippen LogP contribution in [0.4, 0.5) is 0 Å². The number of nitriles is 1. The molecule has 0 saturated heterocycles. The highest BCUT2D eigenvalue weighted by atomic mass is 79.9. The molecule has 1 heterocycles. The standard InChI is InChI=1S/C22H17BrN4O3/c1-29-20-11-17(13-26-27-22(28)18-6-8-25-9-7-18)10-19(23)21(20)30-14-16-4-2-15(12-24)3-5-16/h2-11,13H,14H2,1H3,(H,27,28)/b26-13-. The Morgan fingerprint density at radius 2 is 1.97 bits per heavy atom. The van der Waals surface area contributed by atoms with Gasteiger partial charge in [-0.05, 0) is 63.5 Å². The lowest BCUT2D eigenvalue weighted by Gasteiger charge is -2.13. The van der Waals surface area contributed by atoms with E-state index in [-0.39, 0.29) is 5.91 Å². The third-order valence-electron chi connectivity index (χ3n) is 4.04. The van der Waals surface area contributed by atoms with E-state index in [4.69, 9.17) is 14.7 Å². The third-order valence-corrected chi connectivity index (χ3v) is 4.63. The Kier molecular flexibility index (Phi) is 7.14. The first-order valence-corrected chi connectivity index (χ1v) is 9.63. The first kappa shape index (κ1) is 21.0. The minimum Gasteiger partial charge on any atom is -0.493 e. The lowest BCUT2D eigenvalue weighted by Crippen LogP contribution is -2.17. The zero-order chi connectivity index (χ0) is 21.3. The summed E-state index contributed by atoms with van der Waals surface area (Å²) in [5.41, 5.74) is 5.16. The van der Waals surface area contributed by atoms with Gasteiger partial charge in [0, 0.05) is 18.0 Å². The van der Waals surface area contributed by atoms with Crippen molar-refractivity contribution >= 4 is 28.1 Å². The second-order valence-electron chi connectivity index (χ2n) is 6.07. The zero-order valence-corrected chi connectivity index (χ0v) is 17.6. The van der Waals surface area contributed by atoms with Crippen LogP contribution in [-0.2, 0) is 6.61 Å². The van der Waals surface area contributed by atoms with Gasteiger partial charge in [-0.15, -0.1) is 0 Å². The van der Waals surface area contributed by atoms with Crippen molar-refractivity contribution in [1.29, 1.82) is 5.26 Å². The molecule has 2 aromatic carbocycles. The van der Waals surface area contributed by atoms with E-state index in [1.807, 2.05) is 12.1 Å². The molecule has 0 aliphatic heterocycles. The number of hydrogen-bond donors (Lipinski definition) is 1. The fraction of sp³-hybridized carbons (Fsp3) is 0.0909. The molecular weight excluding hydrogens is 448 g/mol. The van der Waals surface area contributed by atoms with Gasteiger partial charge in [0.25, 0.3) is 5.91 Å². The Morgan fingerprint density at radius 1 is 1.23 bits per heavy atom. The number of hydrogen-bond acceptors (Lipinski definition) is 6. The zero-order valence-electron chi connectivity index (χ0n) is 16.0. The Balaban J connectivity index is 1.68. The molecule has 1 aromatic heterocycles. The molecule has 7 nitrogen and oxygen atoms in total. The first-order valence-electron chi connectivity index (χ1n) is 8.83. The van der Waals surface area contributed by atoms with Crippen LogP contribution in [0.25, 0.3) is 0 Å². The van der Waals surface area contributed by atoms with Gasteiger partial charge in [0.05, 0.1) is 29.4 Å². The van der Waals surface area contributed by atoms with Crippen molar-refractivity contribution < 1.29 is 14.3 Å². The van der Waals surface area contributed by atoms with Gasteiger partial charge in [-0.2, -0.15) is 10.4 Å². The van der Waals surface area contributed by atoms with Crippen LogP contribution in [0.2, 0.25) is 0 Å². The lowest BCUT2D eigenvalue weighted by molar-refractivity contribution is 0.0955. The minimum absolute atomic E-state index is 0.316. The van der Waals surface area contributed by atoms with Crippen LogP contribution in [0.15, 0.2) is 70.5 Å². The second-order valence-corrected chi connectivity index (χ2v) is 6.92. The van der Waals surface area contributed by atoms with Gasteiger partial charge in [0.2, 0.25) is 0 Å². The minimum atomic E-state index is -0.331. The van der Waals surface area contributed by atoms with Crippen LogP contribution in [0, 0.1) is 11.3 Å². The normalized spacial score (nSPS) is 10.4. The van der Waals surface area contributed by atoms with Crippen LogP contribution < -0.4 is 14.9 Å². The molecule has 0 aliphatic rings.